The number of hydrogen-bond donors (Lipinski definition) is 0. The molecule has 0 bridgehead atoms. The van der Waals surface area contributed by atoms with E-state index in [1.165, 1.54) is 12.8 Å². The van der Waals surface area contributed by atoms with Crippen LogP contribution in [-0.2, 0) is 28.4 Å². The van der Waals surface area contributed by atoms with Gasteiger partial charge in [0.25, 0.3) is 0 Å². The number of nitrogens with zero attached hydrogens (tertiary/aromatic N) is 2. The first kappa shape index (κ1) is 37.3. The molecule has 0 amide bonds. The normalized spacial score (nSPS) is 18.4. The predicted molar refractivity (Wildman–Crippen MR) is 182 cm³/mol. The van der Waals surface area contributed by atoms with Gasteiger partial charge >= 0.3 is 0 Å². The summed E-state index contributed by atoms with van der Waals surface area (Å²) in [6, 6.07) is 18.7. The van der Waals surface area contributed by atoms with Gasteiger partial charge in [-0.3, -0.25) is 0 Å². The van der Waals surface area contributed by atoms with Crippen LogP contribution in [0.5, 0.6) is 11.5 Å². The Kier molecular flexibility index (Phi) is 17.9. The summed E-state index contributed by atoms with van der Waals surface area (Å²) in [5.41, 5.74) is 1.85. The lowest BCUT2D eigenvalue weighted by Gasteiger charge is -2.22. The van der Waals surface area contributed by atoms with Gasteiger partial charge in [0, 0.05) is 26.4 Å². The maximum Gasteiger partial charge on any atom is 0.119 e. The molecule has 2 aliphatic heterocycles. The van der Waals surface area contributed by atoms with Crippen molar-refractivity contribution < 1.29 is 37.9 Å². The lowest BCUT2D eigenvalue weighted by atomic mass is 9.96. The van der Waals surface area contributed by atoms with Crippen molar-refractivity contribution in [2.75, 3.05) is 79.3 Å². The third kappa shape index (κ3) is 13.9. The van der Waals surface area contributed by atoms with Crippen LogP contribution in [0, 0.1) is 22.7 Å². The van der Waals surface area contributed by atoms with E-state index in [2.05, 4.69) is 12.1 Å². The average molecular weight is 663 g/mol. The van der Waals surface area contributed by atoms with E-state index in [1.807, 2.05) is 0 Å². The van der Waals surface area contributed by atoms with Gasteiger partial charge in [0.1, 0.15) is 36.9 Å². The second-order valence-corrected chi connectivity index (χ2v) is 11.7. The molecule has 2 saturated heterocycles. The highest BCUT2D eigenvalue weighted by atomic mass is 16.6. The first-order valence-corrected chi connectivity index (χ1v) is 17.3. The van der Waals surface area contributed by atoms with Gasteiger partial charge in [-0.05, 0) is 111 Å². The molecular weight excluding hydrogens is 612 g/mol. The molecule has 0 aliphatic carbocycles. The fraction of sp³-hybridized carbons (Fsp3) is 0.579. The Labute approximate surface area is 285 Å². The van der Waals surface area contributed by atoms with Crippen LogP contribution in [-0.4, -0.2) is 91.5 Å². The zero-order valence-electron chi connectivity index (χ0n) is 28.1. The summed E-state index contributed by atoms with van der Waals surface area (Å²) < 4.78 is 45.5. The Morgan fingerprint density at radius 1 is 0.521 bits per heavy atom. The third-order valence-electron chi connectivity index (χ3n) is 8.21. The Hall–Kier alpha value is -3.48. The van der Waals surface area contributed by atoms with Gasteiger partial charge in [0.15, 0.2) is 0 Å². The molecule has 0 N–H and O–H groups in total. The highest BCUT2D eigenvalue weighted by Crippen LogP contribution is 2.28. The molecule has 2 unspecified atom stereocenters. The largest absolute Gasteiger partial charge is 0.491 e. The van der Waals surface area contributed by atoms with Gasteiger partial charge in [0.2, 0.25) is 0 Å². The number of rotatable bonds is 22. The van der Waals surface area contributed by atoms with Crippen LogP contribution in [0.1, 0.15) is 62.5 Å². The molecule has 10 nitrogen and oxygen atoms in total. The molecule has 0 saturated carbocycles. The van der Waals surface area contributed by atoms with Crippen molar-refractivity contribution >= 4 is 11.1 Å². The Bertz CT molecular complexity index is 1170. The molecule has 2 atom stereocenters. The first-order valence-electron chi connectivity index (χ1n) is 17.3. The van der Waals surface area contributed by atoms with Crippen LogP contribution < -0.4 is 9.47 Å². The molecule has 48 heavy (non-hydrogen) atoms. The molecular formula is C38H50N2O8. The van der Waals surface area contributed by atoms with Crippen molar-refractivity contribution in [3.63, 3.8) is 0 Å². The quantitative estimate of drug-likeness (QED) is 0.0797. The van der Waals surface area contributed by atoms with E-state index in [-0.39, 0.29) is 11.1 Å². The van der Waals surface area contributed by atoms with Crippen LogP contribution in [0.2, 0.25) is 0 Å². The van der Waals surface area contributed by atoms with E-state index in [9.17, 15) is 10.5 Å². The zero-order chi connectivity index (χ0) is 33.5. The van der Waals surface area contributed by atoms with Gasteiger partial charge in [-0.25, -0.2) is 0 Å². The molecule has 0 aromatic heterocycles. The zero-order valence-corrected chi connectivity index (χ0v) is 28.1. The molecule has 0 spiro atoms. The molecule has 0 radical (unpaired) electrons. The number of ether oxygens (including phenoxy) is 8. The molecule has 2 heterocycles. The van der Waals surface area contributed by atoms with E-state index < -0.39 is 0 Å². The minimum atomic E-state index is 0.290. The Morgan fingerprint density at radius 3 is 1.25 bits per heavy atom. The van der Waals surface area contributed by atoms with Gasteiger partial charge in [-0.1, -0.05) is 0 Å². The summed E-state index contributed by atoms with van der Waals surface area (Å²) in [5.74, 6) is 1.31. The maximum atomic E-state index is 9.93. The summed E-state index contributed by atoms with van der Waals surface area (Å²) in [4.78, 5) is 0. The molecule has 260 valence electrons. The maximum absolute atomic E-state index is 9.93. The lowest BCUT2D eigenvalue weighted by Crippen LogP contribution is -2.21. The Balaban J connectivity index is 1.10. The summed E-state index contributed by atoms with van der Waals surface area (Å²) >= 11 is 0. The van der Waals surface area contributed by atoms with Crippen molar-refractivity contribution in [2.45, 2.75) is 63.6 Å². The smallest absolute Gasteiger partial charge is 0.119 e. The van der Waals surface area contributed by atoms with Gasteiger partial charge in [-0.2, -0.15) is 10.5 Å². The number of benzene rings is 2. The SMILES string of the molecule is N#C/C(=C(\C#N)c1ccc(OCCOCCOCCC2CCCCO2)cc1)c1ccc(OCCOCCOCCC2CCCCO2)cc1. The monoisotopic (exact) mass is 662 g/mol. The number of hydrogen-bond acceptors (Lipinski definition) is 10. The van der Waals surface area contributed by atoms with Crippen LogP contribution >= 0.6 is 0 Å². The van der Waals surface area contributed by atoms with Crippen molar-refractivity contribution in [1.82, 2.24) is 0 Å². The molecule has 2 aromatic carbocycles. The van der Waals surface area contributed by atoms with Gasteiger partial charge in [-0.15, -0.1) is 0 Å². The predicted octanol–water partition coefficient (Wildman–Crippen LogP) is 6.39. The molecule has 2 fully saturated rings. The fourth-order valence-corrected chi connectivity index (χ4v) is 5.55. The van der Waals surface area contributed by atoms with Gasteiger partial charge in [0.05, 0.1) is 63.0 Å². The second kappa shape index (κ2) is 23.0. The van der Waals surface area contributed by atoms with E-state index in [0.29, 0.717) is 101 Å². The van der Waals surface area contributed by atoms with Crippen LogP contribution in [0.4, 0.5) is 0 Å². The standard InChI is InChI=1S/C38H50N2O8/c39-29-37(31-7-11-35(12-8-31)47-27-25-43-23-21-41-19-15-33-5-1-3-17-45-33)38(30-40)32-9-13-36(14-10-32)48-28-26-44-24-22-42-20-16-34-6-2-4-18-46-34/h7-14,33-34H,1-6,15-28H2/b38-37-. The highest BCUT2D eigenvalue weighted by Gasteiger charge is 2.15. The molecule has 10 heteroatoms. The topological polar surface area (TPSA) is 121 Å². The number of allylic oxidation sites excluding steroid dienone is 2. The average Bonchev–Trinajstić information content (AvgIpc) is 3.14. The van der Waals surface area contributed by atoms with Crippen molar-refractivity contribution in [1.29, 1.82) is 10.5 Å². The molecule has 4 rings (SSSR count). The second-order valence-electron chi connectivity index (χ2n) is 11.7. The van der Waals surface area contributed by atoms with E-state index in [4.69, 9.17) is 37.9 Å². The van der Waals surface area contributed by atoms with Crippen molar-refractivity contribution in [2.24, 2.45) is 0 Å². The third-order valence-corrected chi connectivity index (χ3v) is 8.21. The van der Waals surface area contributed by atoms with E-state index in [1.54, 1.807) is 48.5 Å². The van der Waals surface area contributed by atoms with Crippen LogP contribution in [0.25, 0.3) is 11.1 Å². The fourth-order valence-electron chi connectivity index (χ4n) is 5.55. The van der Waals surface area contributed by atoms with Crippen molar-refractivity contribution in [3.05, 3.63) is 59.7 Å². The van der Waals surface area contributed by atoms with Crippen molar-refractivity contribution in [3.8, 4) is 23.6 Å². The van der Waals surface area contributed by atoms with E-state index >= 15 is 0 Å². The minimum Gasteiger partial charge on any atom is -0.491 e. The van der Waals surface area contributed by atoms with Crippen LogP contribution in [0.3, 0.4) is 0 Å². The molecule has 2 aromatic rings. The lowest BCUT2D eigenvalue weighted by molar-refractivity contribution is -0.0167. The Morgan fingerprint density at radius 2 is 0.896 bits per heavy atom. The minimum absolute atomic E-state index is 0.290. The summed E-state index contributed by atoms with van der Waals surface area (Å²) in [7, 11) is 0. The first-order chi connectivity index (χ1) is 23.8. The highest BCUT2D eigenvalue weighted by molar-refractivity contribution is 6.02. The number of nitriles is 2. The summed E-state index contributed by atoms with van der Waals surface area (Å²) in [5, 5.41) is 19.9. The molecule has 2 aliphatic rings. The van der Waals surface area contributed by atoms with E-state index in [0.717, 1.165) is 51.7 Å². The van der Waals surface area contributed by atoms with Crippen LogP contribution in [0.15, 0.2) is 48.5 Å². The summed E-state index contributed by atoms with van der Waals surface area (Å²) in [6.45, 7) is 6.89. The van der Waals surface area contributed by atoms with Gasteiger partial charge < -0.3 is 37.9 Å². The summed E-state index contributed by atoms with van der Waals surface area (Å²) in [6.07, 6.45) is 9.60.